The van der Waals surface area contributed by atoms with Gasteiger partial charge in [0.15, 0.2) is 0 Å². The van der Waals surface area contributed by atoms with E-state index in [0.717, 1.165) is 24.3 Å². The molecule has 2 rings (SSSR count). The Kier molecular flexibility index (Phi) is 6.29. The average Bonchev–Trinajstić information content (AvgIpc) is 2.55. The van der Waals surface area contributed by atoms with E-state index in [1.54, 1.807) is 24.3 Å². The molecule has 0 bridgehead atoms. The second kappa shape index (κ2) is 8.08. The summed E-state index contributed by atoms with van der Waals surface area (Å²) in [4.78, 5) is 4.50. The monoisotopic (exact) mass is 375 g/mol. The number of aromatic nitrogens is 1. The van der Waals surface area contributed by atoms with Gasteiger partial charge in [0.2, 0.25) is 0 Å². The van der Waals surface area contributed by atoms with Gasteiger partial charge in [0.25, 0.3) is 10.0 Å². The Labute approximate surface area is 157 Å². The second-order valence-electron chi connectivity index (χ2n) is 7.92. The van der Waals surface area contributed by atoms with Gasteiger partial charge in [-0.2, -0.15) is 0 Å². The van der Waals surface area contributed by atoms with Crippen molar-refractivity contribution in [1.82, 2.24) is 4.98 Å². The molecule has 0 amide bonds. The van der Waals surface area contributed by atoms with Crippen molar-refractivity contribution in [2.75, 3.05) is 16.6 Å². The van der Waals surface area contributed by atoms with Gasteiger partial charge in [-0.3, -0.25) is 4.72 Å². The zero-order valence-corrected chi connectivity index (χ0v) is 17.0. The lowest BCUT2D eigenvalue weighted by Crippen LogP contribution is -2.15. The van der Waals surface area contributed by atoms with Crippen molar-refractivity contribution in [1.29, 1.82) is 0 Å². The maximum absolute atomic E-state index is 12.5. The Balaban J connectivity index is 2.04. The maximum Gasteiger partial charge on any atom is 0.261 e. The van der Waals surface area contributed by atoms with E-state index >= 15 is 0 Å². The Hall–Kier alpha value is -2.08. The van der Waals surface area contributed by atoms with Crippen LogP contribution in [0.2, 0.25) is 0 Å². The predicted octanol–water partition coefficient (Wildman–Crippen LogP) is 4.64. The lowest BCUT2D eigenvalue weighted by atomic mass is 9.87. The molecule has 0 aliphatic rings. The van der Waals surface area contributed by atoms with E-state index in [-0.39, 0.29) is 10.3 Å². The van der Waals surface area contributed by atoms with E-state index in [2.05, 4.69) is 49.6 Å². The number of sulfonamides is 1. The van der Waals surface area contributed by atoms with E-state index in [1.165, 1.54) is 6.20 Å². The molecular formula is C20H29N3O2S. The Morgan fingerprint density at radius 3 is 2.19 bits per heavy atom. The minimum Gasteiger partial charge on any atom is -0.370 e. The van der Waals surface area contributed by atoms with E-state index in [0.29, 0.717) is 11.6 Å². The van der Waals surface area contributed by atoms with Gasteiger partial charge in [0.1, 0.15) is 5.82 Å². The van der Waals surface area contributed by atoms with Crippen LogP contribution in [0.1, 0.15) is 46.6 Å². The van der Waals surface area contributed by atoms with Crippen molar-refractivity contribution in [2.24, 2.45) is 5.92 Å². The SMILES string of the molecule is CC(C)CCNc1ccc(NS(=O)(=O)c2ccc(C(C)(C)C)cc2)cn1. The van der Waals surface area contributed by atoms with Gasteiger partial charge in [0, 0.05) is 6.54 Å². The highest BCUT2D eigenvalue weighted by Gasteiger charge is 2.17. The minimum absolute atomic E-state index is 0.0158. The summed E-state index contributed by atoms with van der Waals surface area (Å²) < 4.78 is 27.7. The smallest absolute Gasteiger partial charge is 0.261 e. The van der Waals surface area contributed by atoms with Crippen LogP contribution in [0, 0.1) is 5.92 Å². The van der Waals surface area contributed by atoms with Crippen LogP contribution in [0.15, 0.2) is 47.5 Å². The first-order valence-electron chi connectivity index (χ1n) is 8.91. The fraction of sp³-hybridized carbons (Fsp3) is 0.450. The molecule has 0 aliphatic carbocycles. The molecule has 142 valence electrons. The summed E-state index contributed by atoms with van der Waals surface area (Å²) in [5.41, 5.74) is 1.52. The fourth-order valence-electron chi connectivity index (χ4n) is 2.40. The number of hydrogen-bond donors (Lipinski definition) is 2. The molecule has 1 heterocycles. The highest BCUT2D eigenvalue weighted by Crippen LogP contribution is 2.24. The molecule has 2 N–H and O–H groups in total. The molecule has 0 radical (unpaired) electrons. The highest BCUT2D eigenvalue weighted by atomic mass is 32.2. The van der Waals surface area contributed by atoms with Crippen LogP contribution in [0.3, 0.4) is 0 Å². The van der Waals surface area contributed by atoms with E-state index < -0.39 is 10.0 Å². The van der Waals surface area contributed by atoms with Gasteiger partial charge in [-0.1, -0.05) is 46.8 Å². The molecule has 1 aromatic heterocycles. The standard InChI is InChI=1S/C20H29N3O2S/c1-15(2)12-13-21-19-11-8-17(14-22-19)23-26(24,25)18-9-6-16(7-10-18)20(3,4)5/h6-11,14-15,23H,12-13H2,1-5H3,(H,21,22). The van der Waals surface area contributed by atoms with Crippen LogP contribution in [0.4, 0.5) is 11.5 Å². The first-order chi connectivity index (χ1) is 12.1. The predicted molar refractivity (Wildman–Crippen MR) is 108 cm³/mol. The zero-order valence-electron chi connectivity index (χ0n) is 16.2. The van der Waals surface area contributed by atoms with Gasteiger partial charge in [-0.25, -0.2) is 13.4 Å². The van der Waals surface area contributed by atoms with Crippen molar-refractivity contribution in [3.8, 4) is 0 Å². The van der Waals surface area contributed by atoms with Gasteiger partial charge in [-0.05, 0) is 47.6 Å². The normalized spacial score (nSPS) is 12.2. The van der Waals surface area contributed by atoms with Gasteiger partial charge in [0.05, 0.1) is 16.8 Å². The van der Waals surface area contributed by atoms with Crippen molar-refractivity contribution in [2.45, 2.75) is 51.3 Å². The van der Waals surface area contributed by atoms with E-state index in [1.807, 2.05) is 12.1 Å². The third-order valence-electron chi connectivity index (χ3n) is 4.07. The van der Waals surface area contributed by atoms with Crippen LogP contribution < -0.4 is 10.0 Å². The molecule has 6 heteroatoms. The molecule has 0 fully saturated rings. The van der Waals surface area contributed by atoms with Crippen molar-refractivity contribution < 1.29 is 8.42 Å². The van der Waals surface area contributed by atoms with Gasteiger partial charge in [-0.15, -0.1) is 0 Å². The summed E-state index contributed by atoms with van der Waals surface area (Å²) in [7, 11) is -3.63. The number of pyridine rings is 1. The van der Waals surface area contributed by atoms with Crippen molar-refractivity contribution in [3.05, 3.63) is 48.2 Å². The van der Waals surface area contributed by atoms with Crippen LogP contribution in [-0.4, -0.2) is 19.9 Å². The van der Waals surface area contributed by atoms with Crippen molar-refractivity contribution >= 4 is 21.5 Å². The third kappa shape index (κ3) is 5.73. The molecule has 0 unspecified atom stereocenters. The lowest BCUT2D eigenvalue weighted by Gasteiger charge is -2.19. The molecule has 0 spiro atoms. The molecule has 1 aromatic carbocycles. The molecule has 5 nitrogen and oxygen atoms in total. The number of anilines is 2. The third-order valence-corrected chi connectivity index (χ3v) is 5.47. The maximum atomic E-state index is 12.5. The summed E-state index contributed by atoms with van der Waals surface area (Å²) >= 11 is 0. The molecule has 2 aromatic rings. The van der Waals surface area contributed by atoms with Gasteiger partial charge < -0.3 is 5.32 Å². The zero-order chi connectivity index (χ0) is 19.4. The fourth-order valence-corrected chi connectivity index (χ4v) is 3.44. The van der Waals surface area contributed by atoms with E-state index in [9.17, 15) is 8.42 Å². The number of nitrogens with one attached hydrogen (secondary N) is 2. The number of benzene rings is 1. The lowest BCUT2D eigenvalue weighted by molar-refractivity contribution is 0.587. The van der Waals surface area contributed by atoms with Crippen LogP contribution in [0.5, 0.6) is 0 Å². The quantitative estimate of drug-likeness (QED) is 0.740. The average molecular weight is 376 g/mol. The van der Waals surface area contributed by atoms with Crippen molar-refractivity contribution in [3.63, 3.8) is 0 Å². The molecule has 0 atom stereocenters. The molecule has 0 saturated heterocycles. The highest BCUT2D eigenvalue weighted by molar-refractivity contribution is 7.92. The first kappa shape index (κ1) is 20.2. The molecule has 26 heavy (non-hydrogen) atoms. The van der Waals surface area contributed by atoms with Crippen LogP contribution in [0.25, 0.3) is 0 Å². The number of rotatable bonds is 7. The summed E-state index contributed by atoms with van der Waals surface area (Å²) in [5.74, 6) is 1.36. The first-order valence-corrected chi connectivity index (χ1v) is 10.4. The summed E-state index contributed by atoms with van der Waals surface area (Å²) in [6, 6.07) is 10.5. The Morgan fingerprint density at radius 2 is 1.69 bits per heavy atom. The minimum atomic E-state index is -3.63. The number of hydrogen-bond acceptors (Lipinski definition) is 4. The summed E-state index contributed by atoms with van der Waals surface area (Å²) in [5, 5.41) is 3.23. The number of nitrogens with zero attached hydrogens (tertiary/aromatic N) is 1. The molecule has 0 aliphatic heterocycles. The van der Waals surface area contributed by atoms with Gasteiger partial charge >= 0.3 is 0 Å². The topological polar surface area (TPSA) is 71.1 Å². The molecular weight excluding hydrogens is 346 g/mol. The Morgan fingerprint density at radius 1 is 1.04 bits per heavy atom. The van der Waals surface area contributed by atoms with E-state index in [4.69, 9.17) is 0 Å². The summed E-state index contributed by atoms with van der Waals surface area (Å²) in [6.45, 7) is 11.5. The summed E-state index contributed by atoms with van der Waals surface area (Å²) in [6.07, 6.45) is 2.58. The largest absolute Gasteiger partial charge is 0.370 e. The Bertz CT molecular complexity index is 806. The van der Waals surface area contributed by atoms with Crippen LogP contribution in [-0.2, 0) is 15.4 Å². The van der Waals surface area contributed by atoms with Crippen LogP contribution >= 0.6 is 0 Å². The second-order valence-corrected chi connectivity index (χ2v) is 9.60. The molecule has 0 saturated carbocycles.